The third-order valence-electron chi connectivity index (χ3n) is 3.63. The second kappa shape index (κ2) is 5.98. The van der Waals surface area contributed by atoms with E-state index in [1.165, 1.54) is 11.1 Å². The van der Waals surface area contributed by atoms with Crippen LogP contribution >= 0.6 is 0 Å². The number of likely N-dealkylation sites (N-methyl/N-ethyl adjacent to an activating group) is 1. The van der Waals surface area contributed by atoms with Crippen LogP contribution in [-0.2, 0) is 6.42 Å². The van der Waals surface area contributed by atoms with Crippen molar-refractivity contribution >= 4 is 0 Å². The molecule has 0 amide bonds. The quantitative estimate of drug-likeness (QED) is 0.874. The lowest BCUT2D eigenvalue weighted by Gasteiger charge is -2.18. The molecular formula is C17H20FN. The van der Waals surface area contributed by atoms with Crippen molar-refractivity contribution in [1.29, 1.82) is 0 Å². The molecular weight excluding hydrogens is 237 g/mol. The lowest BCUT2D eigenvalue weighted by atomic mass is 9.95. The highest BCUT2D eigenvalue weighted by molar-refractivity contribution is 5.31. The van der Waals surface area contributed by atoms with Gasteiger partial charge < -0.3 is 5.32 Å². The Hall–Kier alpha value is -1.67. The number of nitrogens with one attached hydrogen (secondary N) is 1. The molecule has 0 aliphatic carbocycles. The molecule has 1 unspecified atom stereocenters. The van der Waals surface area contributed by atoms with Gasteiger partial charge in [0.1, 0.15) is 5.82 Å². The van der Waals surface area contributed by atoms with E-state index in [1.807, 2.05) is 31.3 Å². The molecule has 2 aromatic rings. The Bertz CT molecular complexity index is 563. The molecule has 0 spiro atoms. The van der Waals surface area contributed by atoms with E-state index in [2.05, 4.69) is 24.4 Å². The van der Waals surface area contributed by atoms with Gasteiger partial charge in [0.15, 0.2) is 0 Å². The van der Waals surface area contributed by atoms with Crippen LogP contribution in [0.1, 0.15) is 28.3 Å². The minimum atomic E-state index is -0.137. The van der Waals surface area contributed by atoms with E-state index in [0.29, 0.717) is 5.56 Å². The van der Waals surface area contributed by atoms with Gasteiger partial charge in [-0.3, -0.25) is 0 Å². The number of rotatable bonds is 4. The fourth-order valence-corrected chi connectivity index (χ4v) is 2.27. The Morgan fingerprint density at radius 3 is 2.42 bits per heavy atom. The lowest BCUT2D eigenvalue weighted by Crippen LogP contribution is -2.19. The molecule has 1 atom stereocenters. The van der Waals surface area contributed by atoms with Gasteiger partial charge in [0.25, 0.3) is 0 Å². The molecule has 0 fully saturated rings. The number of benzene rings is 2. The van der Waals surface area contributed by atoms with E-state index < -0.39 is 0 Å². The van der Waals surface area contributed by atoms with Gasteiger partial charge in [-0.05, 0) is 55.6 Å². The summed E-state index contributed by atoms with van der Waals surface area (Å²) in [4.78, 5) is 0. The van der Waals surface area contributed by atoms with Crippen LogP contribution in [0.25, 0.3) is 0 Å². The Balaban J connectivity index is 2.25. The van der Waals surface area contributed by atoms with E-state index in [-0.39, 0.29) is 11.9 Å². The van der Waals surface area contributed by atoms with Gasteiger partial charge in [0, 0.05) is 6.04 Å². The maximum absolute atomic E-state index is 13.7. The smallest absolute Gasteiger partial charge is 0.126 e. The summed E-state index contributed by atoms with van der Waals surface area (Å²) in [6, 6.07) is 13.9. The minimum absolute atomic E-state index is 0.135. The number of aryl methyl sites for hydroxylation is 2. The second-order valence-corrected chi connectivity index (χ2v) is 4.98. The molecule has 0 saturated carbocycles. The molecule has 0 aromatic heterocycles. The van der Waals surface area contributed by atoms with E-state index in [0.717, 1.165) is 12.0 Å². The number of hydrogen-bond acceptors (Lipinski definition) is 1. The maximum Gasteiger partial charge on any atom is 0.126 e. The average molecular weight is 257 g/mol. The molecule has 0 aliphatic rings. The zero-order valence-electron chi connectivity index (χ0n) is 11.7. The summed E-state index contributed by atoms with van der Waals surface area (Å²) < 4.78 is 13.7. The lowest BCUT2D eigenvalue weighted by molar-refractivity contribution is 0.573. The monoisotopic (exact) mass is 257 g/mol. The third-order valence-corrected chi connectivity index (χ3v) is 3.63. The van der Waals surface area contributed by atoms with Crippen molar-refractivity contribution in [3.8, 4) is 0 Å². The first-order valence-electron chi connectivity index (χ1n) is 6.59. The topological polar surface area (TPSA) is 12.0 Å². The molecule has 1 nitrogen and oxygen atoms in total. The summed E-state index contributed by atoms with van der Waals surface area (Å²) >= 11 is 0. The summed E-state index contributed by atoms with van der Waals surface area (Å²) in [7, 11) is 1.92. The fourth-order valence-electron chi connectivity index (χ4n) is 2.27. The van der Waals surface area contributed by atoms with E-state index in [1.54, 1.807) is 13.0 Å². The van der Waals surface area contributed by atoms with Crippen molar-refractivity contribution < 1.29 is 4.39 Å². The van der Waals surface area contributed by atoms with Crippen LogP contribution in [0.5, 0.6) is 0 Å². The highest BCUT2D eigenvalue weighted by Crippen LogP contribution is 2.22. The molecule has 100 valence electrons. The average Bonchev–Trinajstić information content (AvgIpc) is 2.41. The Morgan fingerprint density at radius 2 is 1.79 bits per heavy atom. The van der Waals surface area contributed by atoms with Gasteiger partial charge in [0.05, 0.1) is 0 Å². The Morgan fingerprint density at radius 1 is 1.05 bits per heavy atom. The van der Waals surface area contributed by atoms with Gasteiger partial charge >= 0.3 is 0 Å². The molecule has 0 bridgehead atoms. The van der Waals surface area contributed by atoms with Gasteiger partial charge in [-0.25, -0.2) is 4.39 Å². The second-order valence-electron chi connectivity index (χ2n) is 4.98. The Kier molecular flexibility index (Phi) is 4.33. The highest BCUT2D eigenvalue weighted by Gasteiger charge is 2.12. The summed E-state index contributed by atoms with van der Waals surface area (Å²) in [6.45, 7) is 3.90. The molecule has 0 radical (unpaired) electrons. The predicted molar refractivity (Wildman–Crippen MR) is 77.8 cm³/mol. The van der Waals surface area contributed by atoms with Gasteiger partial charge in [-0.1, -0.05) is 36.4 Å². The van der Waals surface area contributed by atoms with E-state index >= 15 is 0 Å². The molecule has 2 rings (SSSR count). The van der Waals surface area contributed by atoms with Crippen molar-refractivity contribution in [2.45, 2.75) is 26.3 Å². The van der Waals surface area contributed by atoms with Crippen LogP contribution in [0.15, 0.2) is 42.5 Å². The molecule has 19 heavy (non-hydrogen) atoms. The van der Waals surface area contributed by atoms with Crippen molar-refractivity contribution in [3.05, 3.63) is 70.5 Å². The molecule has 2 heteroatoms. The zero-order valence-corrected chi connectivity index (χ0v) is 11.7. The predicted octanol–water partition coefficient (Wildman–Crippen LogP) is 3.95. The summed E-state index contributed by atoms with van der Waals surface area (Å²) in [5.41, 5.74) is 4.25. The standard InChI is InChI=1S/C17H20FN/c1-12-6-4-5-7-14(12)11-17(19-3)15-9-8-13(2)16(18)10-15/h4-10,17,19H,11H2,1-3H3. The normalized spacial score (nSPS) is 12.4. The van der Waals surface area contributed by atoms with Gasteiger partial charge in [-0.15, -0.1) is 0 Å². The summed E-state index contributed by atoms with van der Waals surface area (Å²) in [5.74, 6) is -0.137. The molecule has 0 heterocycles. The third kappa shape index (κ3) is 3.21. The van der Waals surface area contributed by atoms with Gasteiger partial charge in [0.2, 0.25) is 0 Å². The van der Waals surface area contributed by atoms with Crippen LogP contribution in [0.3, 0.4) is 0 Å². The molecule has 2 aromatic carbocycles. The van der Waals surface area contributed by atoms with E-state index in [4.69, 9.17) is 0 Å². The largest absolute Gasteiger partial charge is 0.313 e. The van der Waals surface area contributed by atoms with E-state index in [9.17, 15) is 4.39 Å². The molecule has 1 N–H and O–H groups in total. The summed E-state index contributed by atoms with van der Waals surface area (Å²) in [6.07, 6.45) is 0.867. The number of halogens is 1. The SMILES string of the molecule is CNC(Cc1ccccc1C)c1ccc(C)c(F)c1. The first kappa shape index (κ1) is 13.8. The van der Waals surface area contributed by atoms with Gasteiger partial charge in [-0.2, -0.15) is 0 Å². The van der Waals surface area contributed by atoms with Crippen LogP contribution in [0.2, 0.25) is 0 Å². The maximum atomic E-state index is 13.7. The first-order valence-corrected chi connectivity index (χ1v) is 6.59. The molecule has 0 saturated heterocycles. The van der Waals surface area contributed by atoms with Crippen LogP contribution in [-0.4, -0.2) is 7.05 Å². The van der Waals surface area contributed by atoms with Crippen molar-refractivity contribution in [1.82, 2.24) is 5.32 Å². The van der Waals surface area contributed by atoms with Crippen LogP contribution < -0.4 is 5.32 Å². The summed E-state index contributed by atoms with van der Waals surface area (Å²) in [5, 5.41) is 3.27. The van der Waals surface area contributed by atoms with Crippen LogP contribution in [0.4, 0.5) is 4.39 Å². The Labute approximate surface area is 114 Å². The van der Waals surface area contributed by atoms with Crippen molar-refractivity contribution in [3.63, 3.8) is 0 Å². The fraction of sp³-hybridized carbons (Fsp3) is 0.294. The van der Waals surface area contributed by atoms with Crippen molar-refractivity contribution in [2.75, 3.05) is 7.05 Å². The van der Waals surface area contributed by atoms with Crippen LogP contribution in [0, 0.1) is 19.7 Å². The minimum Gasteiger partial charge on any atom is -0.313 e. The highest BCUT2D eigenvalue weighted by atomic mass is 19.1. The first-order chi connectivity index (χ1) is 9.11. The van der Waals surface area contributed by atoms with Crippen molar-refractivity contribution in [2.24, 2.45) is 0 Å². The zero-order chi connectivity index (χ0) is 13.8. The number of hydrogen-bond donors (Lipinski definition) is 1. The molecule has 0 aliphatic heterocycles.